The van der Waals surface area contributed by atoms with Crippen molar-refractivity contribution in [2.45, 2.75) is 38.9 Å². The standard InChI is InChI=1S/C7H17O3PS/c1-4-6-10-11(8,9)12-7(3)5-2/h7H,4-6H2,1-3H3,(H,8,9). The zero-order chi connectivity index (χ0) is 9.61. The van der Waals surface area contributed by atoms with E-state index in [1.165, 1.54) is 0 Å². The molecule has 12 heavy (non-hydrogen) atoms. The fourth-order valence-electron chi connectivity index (χ4n) is 0.539. The van der Waals surface area contributed by atoms with Crippen molar-refractivity contribution in [1.29, 1.82) is 0 Å². The minimum Gasteiger partial charge on any atom is -0.316 e. The molecule has 3 nitrogen and oxygen atoms in total. The normalized spacial score (nSPS) is 18.7. The largest absolute Gasteiger partial charge is 0.386 e. The van der Waals surface area contributed by atoms with Crippen LogP contribution in [-0.4, -0.2) is 16.8 Å². The van der Waals surface area contributed by atoms with Gasteiger partial charge in [0.05, 0.1) is 6.61 Å². The summed E-state index contributed by atoms with van der Waals surface area (Å²) in [4.78, 5) is 9.24. The highest BCUT2D eigenvalue weighted by atomic mass is 32.7. The molecule has 0 spiro atoms. The topological polar surface area (TPSA) is 46.5 Å². The van der Waals surface area contributed by atoms with Crippen LogP contribution in [0.15, 0.2) is 0 Å². The lowest BCUT2D eigenvalue weighted by atomic mass is 10.4. The fraction of sp³-hybridized carbons (Fsp3) is 1.00. The Hall–Kier alpha value is 0.500. The molecule has 5 heteroatoms. The Kier molecular flexibility index (Phi) is 6.28. The van der Waals surface area contributed by atoms with Gasteiger partial charge in [-0.05, 0) is 24.2 Å². The van der Waals surface area contributed by atoms with Crippen LogP contribution in [0.25, 0.3) is 0 Å². The average Bonchev–Trinajstić information content (AvgIpc) is 2.00. The van der Waals surface area contributed by atoms with E-state index in [-0.39, 0.29) is 5.25 Å². The molecule has 1 N–H and O–H groups in total. The summed E-state index contributed by atoms with van der Waals surface area (Å²) in [5, 5.41) is 0.178. The van der Waals surface area contributed by atoms with Crippen LogP contribution in [0, 0.1) is 0 Å². The number of hydrogen-bond acceptors (Lipinski definition) is 3. The maximum Gasteiger partial charge on any atom is 0.386 e. The van der Waals surface area contributed by atoms with Gasteiger partial charge in [-0.1, -0.05) is 20.8 Å². The van der Waals surface area contributed by atoms with Crippen LogP contribution in [0.3, 0.4) is 0 Å². The molecule has 0 bridgehead atoms. The van der Waals surface area contributed by atoms with Crippen molar-refractivity contribution in [3.63, 3.8) is 0 Å². The van der Waals surface area contributed by atoms with Crippen molar-refractivity contribution in [3.8, 4) is 0 Å². The van der Waals surface area contributed by atoms with Gasteiger partial charge in [0, 0.05) is 5.25 Å². The number of hydrogen-bond donors (Lipinski definition) is 1. The molecule has 0 rings (SSSR count). The SMILES string of the molecule is CCCOP(=O)(O)SC(C)CC. The van der Waals surface area contributed by atoms with Crippen LogP contribution in [-0.2, 0) is 9.09 Å². The van der Waals surface area contributed by atoms with Crippen molar-refractivity contribution in [2.75, 3.05) is 6.61 Å². The molecule has 0 heterocycles. The first-order valence-corrected chi connectivity index (χ1v) is 7.23. The highest BCUT2D eigenvalue weighted by molar-refractivity contribution is 8.55. The zero-order valence-electron chi connectivity index (χ0n) is 7.82. The van der Waals surface area contributed by atoms with Crippen molar-refractivity contribution in [2.24, 2.45) is 0 Å². The predicted molar refractivity (Wildman–Crippen MR) is 53.4 cm³/mol. The minimum absolute atomic E-state index is 0.178. The van der Waals surface area contributed by atoms with Crippen LogP contribution in [0.2, 0.25) is 0 Å². The van der Waals surface area contributed by atoms with Crippen molar-refractivity contribution >= 4 is 18.2 Å². The summed E-state index contributed by atoms with van der Waals surface area (Å²) in [5.74, 6) is 0. The summed E-state index contributed by atoms with van der Waals surface area (Å²) >= 11 is 1.03. The summed E-state index contributed by atoms with van der Waals surface area (Å²) in [7, 11) is 0. The summed E-state index contributed by atoms with van der Waals surface area (Å²) in [5.41, 5.74) is 0. The van der Waals surface area contributed by atoms with Crippen molar-refractivity contribution in [1.82, 2.24) is 0 Å². The fourth-order valence-corrected chi connectivity index (χ4v) is 3.83. The second kappa shape index (κ2) is 6.03. The molecule has 2 unspecified atom stereocenters. The van der Waals surface area contributed by atoms with Crippen LogP contribution in [0.5, 0.6) is 0 Å². The van der Waals surface area contributed by atoms with E-state index >= 15 is 0 Å². The molecule has 0 aliphatic rings. The second-order valence-electron chi connectivity index (χ2n) is 2.63. The second-order valence-corrected chi connectivity index (χ2v) is 6.85. The summed E-state index contributed by atoms with van der Waals surface area (Å²) in [6.45, 7) is 2.81. The van der Waals surface area contributed by atoms with Gasteiger partial charge >= 0.3 is 6.80 Å². The van der Waals surface area contributed by atoms with Gasteiger partial charge in [0.25, 0.3) is 0 Å². The Morgan fingerprint density at radius 3 is 2.58 bits per heavy atom. The van der Waals surface area contributed by atoms with Crippen molar-refractivity contribution < 1.29 is 14.0 Å². The zero-order valence-corrected chi connectivity index (χ0v) is 9.53. The molecule has 0 aliphatic heterocycles. The van der Waals surface area contributed by atoms with Gasteiger partial charge in [-0.3, -0.25) is 0 Å². The smallest absolute Gasteiger partial charge is 0.316 e. The molecule has 0 amide bonds. The van der Waals surface area contributed by atoms with Gasteiger partial charge < -0.3 is 9.42 Å². The van der Waals surface area contributed by atoms with Crippen LogP contribution in [0.4, 0.5) is 0 Å². The van der Waals surface area contributed by atoms with Gasteiger partial charge in [-0.2, -0.15) is 0 Å². The van der Waals surface area contributed by atoms with E-state index < -0.39 is 6.80 Å². The van der Waals surface area contributed by atoms with E-state index in [9.17, 15) is 9.46 Å². The third kappa shape index (κ3) is 6.06. The van der Waals surface area contributed by atoms with Gasteiger partial charge in [-0.25, -0.2) is 4.57 Å². The molecule has 0 aliphatic carbocycles. The first-order chi connectivity index (χ1) is 5.52. The molecule has 2 atom stereocenters. The summed E-state index contributed by atoms with van der Waals surface area (Å²) in [6.07, 6.45) is 1.65. The first-order valence-electron chi connectivity index (χ1n) is 4.17. The molecule has 0 aromatic carbocycles. The summed E-state index contributed by atoms with van der Waals surface area (Å²) in [6, 6.07) is 0. The molecule has 0 saturated heterocycles. The van der Waals surface area contributed by atoms with Gasteiger partial charge in [0.15, 0.2) is 0 Å². The van der Waals surface area contributed by atoms with Crippen LogP contribution < -0.4 is 0 Å². The van der Waals surface area contributed by atoms with E-state index in [1.54, 1.807) is 0 Å². The van der Waals surface area contributed by atoms with E-state index in [0.717, 1.165) is 24.2 Å². The quantitative estimate of drug-likeness (QED) is 0.687. The van der Waals surface area contributed by atoms with Gasteiger partial charge in [0.2, 0.25) is 0 Å². The average molecular weight is 212 g/mol. The highest BCUT2D eigenvalue weighted by Crippen LogP contribution is 2.58. The van der Waals surface area contributed by atoms with Crippen LogP contribution >= 0.6 is 18.2 Å². The van der Waals surface area contributed by atoms with Gasteiger partial charge in [-0.15, -0.1) is 0 Å². The lowest BCUT2D eigenvalue weighted by molar-refractivity contribution is 0.276. The first kappa shape index (κ1) is 12.5. The molecule has 0 radical (unpaired) electrons. The molecule has 0 aromatic rings. The molecule has 0 saturated carbocycles. The summed E-state index contributed by atoms with van der Waals surface area (Å²) < 4.78 is 16.1. The van der Waals surface area contributed by atoms with Gasteiger partial charge in [0.1, 0.15) is 0 Å². The van der Waals surface area contributed by atoms with Crippen LogP contribution in [0.1, 0.15) is 33.6 Å². The van der Waals surface area contributed by atoms with E-state index in [4.69, 9.17) is 4.52 Å². The molecular weight excluding hydrogens is 195 g/mol. The van der Waals surface area contributed by atoms with E-state index in [0.29, 0.717) is 6.61 Å². The molecule has 74 valence electrons. The molecular formula is C7H17O3PS. The molecule has 0 aromatic heterocycles. The lowest BCUT2D eigenvalue weighted by Gasteiger charge is -2.13. The highest BCUT2D eigenvalue weighted by Gasteiger charge is 2.22. The van der Waals surface area contributed by atoms with E-state index in [1.807, 2.05) is 20.8 Å². The number of rotatable bonds is 6. The molecule has 0 fully saturated rings. The van der Waals surface area contributed by atoms with E-state index in [2.05, 4.69) is 0 Å². The third-order valence-electron chi connectivity index (χ3n) is 1.35. The Labute approximate surface area is 78.2 Å². The maximum atomic E-state index is 11.2. The minimum atomic E-state index is -3.37. The van der Waals surface area contributed by atoms with Crippen molar-refractivity contribution in [3.05, 3.63) is 0 Å². The Bertz CT molecular complexity index is 163. The third-order valence-corrected chi connectivity index (χ3v) is 5.01. The Morgan fingerprint density at radius 2 is 2.17 bits per heavy atom. The monoisotopic (exact) mass is 212 g/mol. The Balaban J connectivity index is 3.78. The Morgan fingerprint density at radius 1 is 1.58 bits per heavy atom. The lowest BCUT2D eigenvalue weighted by Crippen LogP contribution is -1.95. The maximum absolute atomic E-state index is 11.2. The predicted octanol–water partition coefficient (Wildman–Crippen LogP) is 3.05.